The second-order valence-corrected chi connectivity index (χ2v) is 5.54. The van der Waals surface area contributed by atoms with Crippen molar-refractivity contribution in [3.8, 4) is 0 Å². The van der Waals surface area contributed by atoms with Gasteiger partial charge in [-0.3, -0.25) is 4.98 Å². The van der Waals surface area contributed by atoms with E-state index in [1.807, 2.05) is 18.2 Å². The Bertz CT molecular complexity index is 634. The van der Waals surface area contributed by atoms with E-state index < -0.39 is 0 Å². The molecular formula is C15H17N3S. The van der Waals surface area contributed by atoms with Gasteiger partial charge in [-0.2, -0.15) is 0 Å². The van der Waals surface area contributed by atoms with E-state index >= 15 is 0 Å². The minimum Gasteiger partial charge on any atom is -0.389 e. The third kappa shape index (κ3) is 2.06. The fraction of sp³-hybridized carbons (Fsp3) is 0.333. The molecule has 1 fully saturated rings. The highest BCUT2D eigenvalue weighted by atomic mass is 32.1. The van der Waals surface area contributed by atoms with E-state index in [0.717, 1.165) is 22.2 Å². The molecule has 2 N–H and O–H groups in total. The van der Waals surface area contributed by atoms with Gasteiger partial charge in [0.2, 0.25) is 0 Å². The number of rotatable bonds is 3. The summed E-state index contributed by atoms with van der Waals surface area (Å²) < 4.78 is 0. The lowest BCUT2D eigenvalue weighted by Gasteiger charge is -2.37. The van der Waals surface area contributed by atoms with Crippen molar-refractivity contribution >= 4 is 33.8 Å². The van der Waals surface area contributed by atoms with Crippen molar-refractivity contribution in [1.82, 2.24) is 4.98 Å². The van der Waals surface area contributed by atoms with E-state index in [-0.39, 0.29) is 0 Å². The Balaban J connectivity index is 2.21. The summed E-state index contributed by atoms with van der Waals surface area (Å²) in [5.41, 5.74) is 8.86. The van der Waals surface area contributed by atoms with Gasteiger partial charge in [-0.05, 0) is 25.3 Å². The van der Waals surface area contributed by atoms with E-state index in [9.17, 15) is 0 Å². The lowest BCUT2D eigenvalue weighted by molar-refractivity contribution is 0.401. The van der Waals surface area contributed by atoms with Crippen molar-refractivity contribution in [3.63, 3.8) is 0 Å². The molecule has 1 aromatic heterocycles. The van der Waals surface area contributed by atoms with Gasteiger partial charge in [0.05, 0.1) is 16.8 Å². The second-order valence-electron chi connectivity index (χ2n) is 5.10. The van der Waals surface area contributed by atoms with Gasteiger partial charge in [0.15, 0.2) is 0 Å². The largest absolute Gasteiger partial charge is 0.389 e. The molecule has 1 aliphatic rings. The van der Waals surface area contributed by atoms with E-state index in [0.29, 0.717) is 11.0 Å². The van der Waals surface area contributed by atoms with Gasteiger partial charge >= 0.3 is 0 Å². The Hall–Kier alpha value is -1.68. The summed E-state index contributed by atoms with van der Waals surface area (Å²) in [6.45, 7) is 0. The molecule has 1 saturated carbocycles. The summed E-state index contributed by atoms with van der Waals surface area (Å²) in [5, 5.41) is 1.13. The van der Waals surface area contributed by atoms with Crippen LogP contribution >= 0.6 is 12.2 Å². The Morgan fingerprint density at radius 3 is 2.74 bits per heavy atom. The number of nitrogens with two attached hydrogens (primary N) is 1. The monoisotopic (exact) mass is 271 g/mol. The number of fused-ring (bicyclic) bond motifs is 1. The molecule has 19 heavy (non-hydrogen) atoms. The van der Waals surface area contributed by atoms with Crippen molar-refractivity contribution in [2.45, 2.75) is 25.3 Å². The van der Waals surface area contributed by atoms with Crippen LogP contribution in [0.25, 0.3) is 10.9 Å². The zero-order chi connectivity index (χ0) is 13.4. The molecule has 0 saturated heterocycles. The number of thiocarbonyl (C=S) groups is 1. The molecule has 1 aliphatic carbocycles. The minimum absolute atomic E-state index is 0.416. The molecule has 0 spiro atoms. The van der Waals surface area contributed by atoms with Crippen LogP contribution in [0.1, 0.15) is 24.8 Å². The maximum Gasteiger partial charge on any atom is 0.107 e. The number of para-hydroxylation sites is 1. The van der Waals surface area contributed by atoms with Crippen LogP contribution in [0.5, 0.6) is 0 Å². The van der Waals surface area contributed by atoms with Gasteiger partial charge in [0.25, 0.3) is 0 Å². The maximum absolute atomic E-state index is 5.87. The number of nitrogens with zero attached hydrogens (tertiary/aromatic N) is 2. The van der Waals surface area contributed by atoms with Gasteiger partial charge in [-0.15, -0.1) is 0 Å². The van der Waals surface area contributed by atoms with Crippen molar-refractivity contribution < 1.29 is 0 Å². The summed E-state index contributed by atoms with van der Waals surface area (Å²) in [6, 6.07) is 8.75. The van der Waals surface area contributed by atoms with Crippen molar-refractivity contribution in [2.24, 2.45) is 5.73 Å². The Morgan fingerprint density at radius 1 is 1.37 bits per heavy atom. The Labute approximate surface area is 118 Å². The van der Waals surface area contributed by atoms with Crippen LogP contribution in [0.3, 0.4) is 0 Å². The van der Waals surface area contributed by atoms with E-state index in [2.05, 4.69) is 23.0 Å². The third-order valence-corrected chi connectivity index (χ3v) is 4.21. The first-order valence-corrected chi connectivity index (χ1v) is 6.99. The first kappa shape index (κ1) is 12.4. The SMILES string of the molecule is CN(c1c(C(N)=S)cnc2ccccc12)C1CCC1. The summed E-state index contributed by atoms with van der Waals surface area (Å²) in [7, 11) is 2.13. The van der Waals surface area contributed by atoms with Gasteiger partial charge in [-0.25, -0.2) is 0 Å². The van der Waals surface area contributed by atoms with Crippen LogP contribution < -0.4 is 10.6 Å². The van der Waals surface area contributed by atoms with Crippen LogP contribution in [0, 0.1) is 0 Å². The molecule has 0 unspecified atom stereocenters. The summed E-state index contributed by atoms with van der Waals surface area (Å²) in [5.74, 6) is 0. The number of hydrogen-bond acceptors (Lipinski definition) is 3. The summed E-state index contributed by atoms with van der Waals surface area (Å²) in [6.07, 6.45) is 5.59. The maximum atomic E-state index is 5.87. The number of hydrogen-bond donors (Lipinski definition) is 1. The summed E-state index contributed by atoms with van der Waals surface area (Å²) >= 11 is 5.18. The molecule has 4 heteroatoms. The molecule has 98 valence electrons. The molecule has 1 heterocycles. The highest BCUT2D eigenvalue weighted by molar-refractivity contribution is 7.80. The minimum atomic E-state index is 0.416. The fourth-order valence-corrected chi connectivity index (χ4v) is 2.79. The zero-order valence-corrected chi connectivity index (χ0v) is 11.8. The quantitative estimate of drug-likeness (QED) is 0.872. The van der Waals surface area contributed by atoms with Gasteiger partial charge in [-0.1, -0.05) is 30.4 Å². The predicted octanol–water partition coefficient (Wildman–Crippen LogP) is 2.86. The van der Waals surface area contributed by atoms with Crippen LogP contribution in [0.4, 0.5) is 5.69 Å². The van der Waals surface area contributed by atoms with Crippen LogP contribution in [0.15, 0.2) is 30.5 Å². The fourth-order valence-electron chi connectivity index (χ4n) is 2.64. The smallest absolute Gasteiger partial charge is 0.107 e. The highest BCUT2D eigenvalue weighted by Gasteiger charge is 2.25. The molecular weight excluding hydrogens is 254 g/mol. The van der Waals surface area contributed by atoms with E-state index in [1.165, 1.54) is 19.3 Å². The Morgan fingerprint density at radius 2 is 2.11 bits per heavy atom. The standard InChI is InChI=1S/C15H17N3S/c1-18(10-5-4-6-10)14-11-7-2-3-8-13(11)17-9-12(14)15(16)19/h2-3,7-10H,4-6H2,1H3,(H2,16,19). The number of aromatic nitrogens is 1. The van der Waals surface area contributed by atoms with E-state index in [1.54, 1.807) is 6.20 Å². The van der Waals surface area contributed by atoms with Gasteiger partial charge in [0, 0.05) is 24.7 Å². The topological polar surface area (TPSA) is 42.1 Å². The molecule has 0 aliphatic heterocycles. The first-order chi connectivity index (χ1) is 9.18. The lowest BCUT2D eigenvalue weighted by atomic mass is 9.90. The van der Waals surface area contributed by atoms with Crippen molar-refractivity contribution in [1.29, 1.82) is 0 Å². The van der Waals surface area contributed by atoms with Crippen molar-refractivity contribution in [2.75, 3.05) is 11.9 Å². The van der Waals surface area contributed by atoms with Gasteiger partial charge in [0.1, 0.15) is 4.99 Å². The van der Waals surface area contributed by atoms with Crippen LogP contribution in [-0.4, -0.2) is 23.1 Å². The highest BCUT2D eigenvalue weighted by Crippen LogP contribution is 2.34. The molecule has 0 amide bonds. The molecule has 2 aromatic rings. The average molecular weight is 271 g/mol. The predicted molar refractivity (Wildman–Crippen MR) is 83.7 cm³/mol. The Kier molecular flexibility index (Phi) is 3.11. The number of pyridine rings is 1. The number of anilines is 1. The van der Waals surface area contributed by atoms with Crippen LogP contribution in [0.2, 0.25) is 0 Å². The second kappa shape index (κ2) is 4.78. The molecule has 0 bridgehead atoms. The molecule has 1 aromatic carbocycles. The summed E-state index contributed by atoms with van der Waals surface area (Å²) in [4.78, 5) is 7.19. The van der Waals surface area contributed by atoms with Crippen molar-refractivity contribution in [3.05, 3.63) is 36.0 Å². The first-order valence-electron chi connectivity index (χ1n) is 6.59. The van der Waals surface area contributed by atoms with E-state index in [4.69, 9.17) is 18.0 Å². The molecule has 3 rings (SSSR count). The average Bonchev–Trinajstić information content (AvgIpc) is 2.35. The number of benzene rings is 1. The normalized spacial score (nSPS) is 15.2. The molecule has 3 nitrogen and oxygen atoms in total. The zero-order valence-electron chi connectivity index (χ0n) is 11.0. The molecule has 0 atom stereocenters. The lowest BCUT2D eigenvalue weighted by Crippen LogP contribution is -2.38. The molecule has 0 radical (unpaired) electrons. The van der Waals surface area contributed by atoms with Crippen LogP contribution in [-0.2, 0) is 0 Å². The van der Waals surface area contributed by atoms with Gasteiger partial charge < -0.3 is 10.6 Å². The third-order valence-electron chi connectivity index (χ3n) is 3.99.